The van der Waals surface area contributed by atoms with Crippen molar-refractivity contribution in [3.8, 4) is 0 Å². The normalized spacial score (nSPS) is 10.2. The molecular formula is C8H18N2O2. The van der Waals surface area contributed by atoms with Gasteiger partial charge >= 0.3 is 0 Å². The van der Waals surface area contributed by atoms with E-state index in [1.807, 2.05) is 0 Å². The summed E-state index contributed by atoms with van der Waals surface area (Å²) in [6, 6.07) is 0. The van der Waals surface area contributed by atoms with E-state index in [1.54, 1.807) is 0 Å². The number of nitrogens with one attached hydrogen (secondary N) is 1. The average Bonchev–Trinajstić information content (AvgIpc) is 2.10. The van der Waals surface area contributed by atoms with Gasteiger partial charge in [-0.15, -0.1) is 0 Å². The van der Waals surface area contributed by atoms with E-state index < -0.39 is 0 Å². The molecule has 0 unspecified atom stereocenters. The van der Waals surface area contributed by atoms with Crippen LogP contribution in [0.3, 0.4) is 0 Å². The highest BCUT2D eigenvalue weighted by Crippen LogP contribution is 1.88. The molecule has 0 fully saturated rings. The lowest BCUT2D eigenvalue weighted by Crippen LogP contribution is -2.29. The maximum Gasteiger partial charge on any atom is 0.207 e. The van der Waals surface area contributed by atoms with Crippen LogP contribution in [-0.4, -0.2) is 49.2 Å². The van der Waals surface area contributed by atoms with Gasteiger partial charge in [0.1, 0.15) is 0 Å². The van der Waals surface area contributed by atoms with Gasteiger partial charge in [0.05, 0.1) is 6.61 Å². The van der Waals surface area contributed by atoms with Crippen LogP contribution in [0.25, 0.3) is 0 Å². The number of amides is 1. The van der Waals surface area contributed by atoms with Gasteiger partial charge < -0.3 is 15.3 Å². The summed E-state index contributed by atoms with van der Waals surface area (Å²) in [5, 5.41) is 11.3. The Balaban J connectivity index is 3.24. The van der Waals surface area contributed by atoms with Crippen LogP contribution < -0.4 is 5.32 Å². The largest absolute Gasteiger partial charge is 0.395 e. The molecule has 0 spiro atoms. The SMILES string of the molecule is CCN(CCO)CCCNC=O. The number of nitrogens with zero attached hydrogens (tertiary/aromatic N) is 1. The molecule has 0 aromatic carbocycles. The van der Waals surface area contributed by atoms with Crippen LogP contribution in [0, 0.1) is 0 Å². The number of likely N-dealkylation sites (N-methyl/N-ethyl adjacent to an activating group) is 1. The van der Waals surface area contributed by atoms with E-state index in [0.717, 1.165) is 26.1 Å². The summed E-state index contributed by atoms with van der Waals surface area (Å²) in [6.07, 6.45) is 1.65. The van der Waals surface area contributed by atoms with Crippen LogP contribution in [0.15, 0.2) is 0 Å². The molecule has 12 heavy (non-hydrogen) atoms. The lowest BCUT2D eigenvalue weighted by Gasteiger charge is -2.18. The predicted octanol–water partition coefficient (Wildman–Crippen LogP) is -0.563. The number of hydrogen-bond donors (Lipinski definition) is 2. The molecule has 0 aliphatic heterocycles. The molecule has 0 atom stereocenters. The van der Waals surface area contributed by atoms with Gasteiger partial charge in [-0.05, 0) is 19.5 Å². The number of rotatable bonds is 8. The Morgan fingerprint density at radius 1 is 1.50 bits per heavy atom. The Morgan fingerprint density at radius 3 is 2.75 bits per heavy atom. The molecule has 2 N–H and O–H groups in total. The third-order valence-corrected chi connectivity index (χ3v) is 1.74. The van der Waals surface area contributed by atoms with E-state index in [2.05, 4.69) is 17.1 Å². The fraction of sp³-hybridized carbons (Fsp3) is 0.875. The molecule has 0 aromatic rings. The molecule has 0 radical (unpaired) electrons. The minimum atomic E-state index is 0.203. The first-order valence-electron chi connectivity index (χ1n) is 4.35. The molecule has 0 saturated carbocycles. The van der Waals surface area contributed by atoms with Crippen molar-refractivity contribution >= 4 is 6.41 Å². The molecule has 0 aliphatic rings. The molecule has 0 rings (SSSR count). The maximum absolute atomic E-state index is 9.88. The molecule has 0 bridgehead atoms. The lowest BCUT2D eigenvalue weighted by atomic mass is 10.3. The van der Waals surface area contributed by atoms with Crippen LogP contribution in [0.4, 0.5) is 0 Å². The van der Waals surface area contributed by atoms with Gasteiger partial charge in [-0.2, -0.15) is 0 Å². The Labute approximate surface area is 73.6 Å². The summed E-state index contributed by atoms with van der Waals surface area (Å²) >= 11 is 0. The van der Waals surface area contributed by atoms with Crippen molar-refractivity contribution in [2.45, 2.75) is 13.3 Å². The lowest BCUT2D eigenvalue weighted by molar-refractivity contribution is -0.109. The third-order valence-electron chi connectivity index (χ3n) is 1.74. The van der Waals surface area contributed by atoms with Crippen LogP contribution in [-0.2, 0) is 4.79 Å². The first-order chi connectivity index (χ1) is 5.85. The van der Waals surface area contributed by atoms with Crippen molar-refractivity contribution in [1.29, 1.82) is 0 Å². The zero-order valence-electron chi connectivity index (χ0n) is 7.62. The van der Waals surface area contributed by atoms with Crippen LogP contribution in [0.5, 0.6) is 0 Å². The summed E-state index contributed by atoms with van der Waals surface area (Å²) in [4.78, 5) is 12.0. The highest BCUT2D eigenvalue weighted by atomic mass is 16.3. The molecule has 0 aromatic heterocycles. The second kappa shape index (κ2) is 8.49. The highest BCUT2D eigenvalue weighted by molar-refractivity contribution is 5.45. The molecule has 4 nitrogen and oxygen atoms in total. The molecule has 0 aliphatic carbocycles. The summed E-state index contributed by atoms with van der Waals surface area (Å²) in [5.41, 5.74) is 0. The number of hydrogen-bond acceptors (Lipinski definition) is 3. The van der Waals surface area contributed by atoms with Crippen LogP contribution in [0.1, 0.15) is 13.3 Å². The molecule has 72 valence electrons. The third kappa shape index (κ3) is 6.12. The first kappa shape index (κ1) is 11.4. The highest BCUT2D eigenvalue weighted by Gasteiger charge is 1.99. The quantitative estimate of drug-likeness (QED) is 0.383. The molecule has 1 amide bonds. The van der Waals surface area contributed by atoms with E-state index >= 15 is 0 Å². The molecule has 0 heterocycles. The van der Waals surface area contributed by atoms with Crippen LogP contribution in [0.2, 0.25) is 0 Å². The molecular weight excluding hydrogens is 156 g/mol. The van der Waals surface area contributed by atoms with Crippen molar-refractivity contribution in [2.75, 3.05) is 32.8 Å². The number of carbonyl (C=O) groups is 1. The van der Waals surface area contributed by atoms with Crippen molar-refractivity contribution in [3.05, 3.63) is 0 Å². The molecule has 0 saturated heterocycles. The number of carbonyl (C=O) groups excluding carboxylic acids is 1. The van der Waals surface area contributed by atoms with E-state index in [4.69, 9.17) is 5.11 Å². The monoisotopic (exact) mass is 174 g/mol. The topological polar surface area (TPSA) is 52.6 Å². The zero-order chi connectivity index (χ0) is 9.23. The van der Waals surface area contributed by atoms with Gasteiger partial charge in [0, 0.05) is 13.1 Å². The van der Waals surface area contributed by atoms with E-state index in [0.29, 0.717) is 13.0 Å². The average molecular weight is 174 g/mol. The maximum atomic E-state index is 9.88. The van der Waals surface area contributed by atoms with Crippen molar-refractivity contribution in [3.63, 3.8) is 0 Å². The van der Waals surface area contributed by atoms with Gasteiger partial charge in [0.15, 0.2) is 0 Å². The minimum absolute atomic E-state index is 0.203. The van der Waals surface area contributed by atoms with Gasteiger partial charge in [0.25, 0.3) is 0 Å². The second-order valence-electron chi connectivity index (χ2n) is 2.58. The molecule has 4 heteroatoms. The van der Waals surface area contributed by atoms with Gasteiger partial charge in [-0.1, -0.05) is 6.92 Å². The zero-order valence-corrected chi connectivity index (χ0v) is 7.62. The van der Waals surface area contributed by atoms with Gasteiger partial charge in [0.2, 0.25) is 6.41 Å². The van der Waals surface area contributed by atoms with Crippen molar-refractivity contribution < 1.29 is 9.90 Å². The first-order valence-corrected chi connectivity index (χ1v) is 4.35. The standard InChI is InChI=1S/C8H18N2O2/c1-2-10(6-7-11)5-3-4-9-8-12/h8,11H,2-7H2,1H3,(H,9,12). The Morgan fingerprint density at radius 2 is 2.25 bits per heavy atom. The Bertz CT molecular complexity index is 109. The fourth-order valence-electron chi connectivity index (χ4n) is 1.03. The summed E-state index contributed by atoms with van der Waals surface area (Å²) in [6.45, 7) is 5.57. The van der Waals surface area contributed by atoms with Crippen molar-refractivity contribution in [1.82, 2.24) is 10.2 Å². The predicted molar refractivity (Wildman–Crippen MR) is 47.9 cm³/mol. The Kier molecular flexibility index (Phi) is 8.05. The summed E-state index contributed by atoms with van der Waals surface area (Å²) in [7, 11) is 0. The smallest absolute Gasteiger partial charge is 0.207 e. The van der Waals surface area contributed by atoms with E-state index in [-0.39, 0.29) is 6.61 Å². The van der Waals surface area contributed by atoms with Gasteiger partial charge in [-0.3, -0.25) is 4.79 Å². The number of aliphatic hydroxyl groups is 1. The summed E-state index contributed by atoms with van der Waals surface area (Å²) < 4.78 is 0. The minimum Gasteiger partial charge on any atom is -0.395 e. The number of aliphatic hydroxyl groups excluding tert-OH is 1. The summed E-state index contributed by atoms with van der Waals surface area (Å²) in [5.74, 6) is 0. The van der Waals surface area contributed by atoms with Crippen molar-refractivity contribution in [2.24, 2.45) is 0 Å². The van der Waals surface area contributed by atoms with Gasteiger partial charge in [-0.25, -0.2) is 0 Å². The van der Waals surface area contributed by atoms with E-state index in [9.17, 15) is 4.79 Å². The second-order valence-corrected chi connectivity index (χ2v) is 2.58. The van der Waals surface area contributed by atoms with Crippen LogP contribution >= 0.6 is 0 Å². The van der Waals surface area contributed by atoms with E-state index in [1.165, 1.54) is 0 Å². The Hall–Kier alpha value is -0.610. The fourth-order valence-corrected chi connectivity index (χ4v) is 1.03.